The lowest BCUT2D eigenvalue weighted by Crippen LogP contribution is -2.49. The summed E-state index contributed by atoms with van der Waals surface area (Å²) in [5.41, 5.74) is 5.48. The van der Waals surface area contributed by atoms with Crippen LogP contribution in [0.5, 0.6) is 5.75 Å². The number of nitrogens with zero attached hydrogens (tertiary/aromatic N) is 5. The van der Waals surface area contributed by atoms with Gasteiger partial charge in [-0.15, -0.1) is 0 Å². The Morgan fingerprint density at radius 1 is 0.850 bits per heavy atom. The molecule has 0 aliphatic carbocycles. The second-order valence-corrected chi connectivity index (χ2v) is 10.7. The SMILES string of the molecule is CCOc1ccccc1N1CCN(C(=O)c2c(C)c(N3CCN(CC)CC3)c(C)n2Cc2ccccc2F)CC1. The normalized spacial score (nSPS) is 16.5. The zero-order valence-electron chi connectivity index (χ0n) is 24.3. The molecule has 2 aliphatic heterocycles. The van der Waals surface area contributed by atoms with Crippen molar-refractivity contribution < 1.29 is 13.9 Å². The lowest BCUT2D eigenvalue weighted by Gasteiger charge is -2.37. The molecule has 0 radical (unpaired) electrons. The molecule has 0 atom stereocenters. The van der Waals surface area contributed by atoms with Crippen molar-refractivity contribution in [1.29, 1.82) is 0 Å². The van der Waals surface area contributed by atoms with E-state index in [1.54, 1.807) is 6.07 Å². The molecule has 0 N–H and O–H groups in total. The third-order valence-electron chi connectivity index (χ3n) is 8.43. The van der Waals surface area contributed by atoms with E-state index in [2.05, 4.69) is 41.5 Å². The van der Waals surface area contributed by atoms with E-state index in [-0.39, 0.29) is 11.7 Å². The highest BCUT2D eigenvalue weighted by Gasteiger charge is 2.32. The van der Waals surface area contributed by atoms with Gasteiger partial charge in [0.2, 0.25) is 0 Å². The minimum Gasteiger partial charge on any atom is -0.492 e. The summed E-state index contributed by atoms with van der Waals surface area (Å²) in [5, 5.41) is 0. The predicted molar refractivity (Wildman–Crippen MR) is 159 cm³/mol. The van der Waals surface area contributed by atoms with Crippen LogP contribution in [0, 0.1) is 19.7 Å². The number of aromatic nitrogens is 1. The molecule has 2 aliphatic rings. The fraction of sp³-hybridized carbons (Fsp3) is 0.469. The van der Waals surface area contributed by atoms with Crippen molar-refractivity contribution in [2.45, 2.75) is 34.2 Å². The molecule has 0 saturated carbocycles. The first kappa shape index (κ1) is 28.0. The van der Waals surface area contributed by atoms with Gasteiger partial charge in [0.05, 0.1) is 24.5 Å². The van der Waals surface area contributed by atoms with Gasteiger partial charge in [-0.2, -0.15) is 0 Å². The lowest BCUT2D eigenvalue weighted by molar-refractivity contribution is 0.0735. The number of benzene rings is 2. The van der Waals surface area contributed by atoms with Gasteiger partial charge in [-0.25, -0.2) is 4.39 Å². The molecule has 2 aromatic carbocycles. The molecule has 0 bridgehead atoms. The van der Waals surface area contributed by atoms with Gasteiger partial charge in [0.25, 0.3) is 5.91 Å². The van der Waals surface area contributed by atoms with Crippen molar-refractivity contribution >= 4 is 17.3 Å². The number of para-hydroxylation sites is 2. The number of rotatable bonds is 8. The highest BCUT2D eigenvalue weighted by Crippen LogP contribution is 2.34. The van der Waals surface area contributed by atoms with Gasteiger partial charge in [-0.05, 0) is 45.5 Å². The van der Waals surface area contributed by atoms with E-state index < -0.39 is 0 Å². The van der Waals surface area contributed by atoms with Crippen LogP contribution in [-0.4, -0.2) is 85.8 Å². The zero-order chi connectivity index (χ0) is 28.2. The number of carbonyl (C=O) groups excluding carboxylic acids is 1. The molecular formula is C32H42FN5O2. The summed E-state index contributed by atoms with van der Waals surface area (Å²) in [6, 6.07) is 15.0. The van der Waals surface area contributed by atoms with Crippen molar-refractivity contribution in [2.75, 3.05) is 75.3 Å². The highest BCUT2D eigenvalue weighted by atomic mass is 19.1. The molecule has 40 heavy (non-hydrogen) atoms. The van der Waals surface area contributed by atoms with Crippen LogP contribution < -0.4 is 14.5 Å². The van der Waals surface area contributed by atoms with E-state index in [1.807, 2.05) is 46.7 Å². The minimum absolute atomic E-state index is 0.0214. The van der Waals surface area contributed by atoms with Crippen LogP contribution in [0.1, 0.15) is 41.2 Å². The van der Waals surface area contributed by atoms with Crippen molar-refractivity contribution in [3.8, 4) is 5.75 Å². The Labute approximate surface area is 237 Å². The van der Waals surface area contributed by atoms with E-state index in [1.165, 1.54) is 6.07 Å². The fourth-order valence-corrected chi connectivity index (χ4v) is 6.20. The molecule has 3 heterocycles. The molecule has 8 heteroatoms. The van der Waals surface area contributed by atoms with Gasteiger partial charge < -0.3 is 28.9 Å². The summed E-state index contributed by atoms with van der Waals surface area (Å²) in [6.45, 7) is 16.9. The van der Waals surface area contributed by atoms with E-state index in [9.17, 15) is 9.18 Å². The van der Waals surface area contributed by atoms with Crippen molar-refractivity contribution in [1.82, 2.24) is 14.4 Å². The molecule has 0 unspecified atom stereocenters. The average Bonchev–Trinajstić information content (AvgIpc) is 3.23. The van der Waals surface area contributed by atoms with Crippen LogP contribution in [0.25, 0.3) is 0 Å². The Morgan fingerprint density at radius 2 is 1.50 bits per heavy atom. The van der Waals surface area contributed by atoms with Gasteiger partial charge in [0.1, 0.15) is 17.3 Å². The third kappa shape index (κ3) is 5.55. The molecule has 3 aromatic rings. The molecule has 2 fully saturated rings. The van der Waals surface area contributed by atoms with Crippen molar-refractivity contribution in [2.24, 2.45) is 0 Å². The number of ether oxygens (including phenoxy) is 1. The van der Waals surface area contributed by atoms with Crippen LogP contribution >= 0.6 is 0 Å². The standard InChI is InChI=1S/C32H42FN5O2/c1-5-34-15-17-36(18-16-34)30-24(3)31(38(25(30)4)23-26-11-7-8-12-27(26)33)32(39)37-21-19-35(20-22-37)28-13-9-10-14-29(28)40-6-2/h7-14H,5-6,15-23H2,1-4H3. The number of amides is 1. The second-order valence-electron chi connectivity index (χ2n) is 10.7. The maximum absolute atomic E-state index is 14.8. The van der Waals surface area contributed by atoms with Gasteiger partial charge in [0.15, 0.2) is 0 Å². The first-order chi connectivity index (χ1) is 19.4. The van der Waals surface area contributed by atoms with Gasteiger partial charge in [-0.1, -0.05) is 37.3 Å². The molecular weight excluding hydrogens is 505 g/mol. The molecule has 1 amide bonds. The Balaban J connectivity index is 1.42. The molecule has 5 rings (SSSR count). The largest absolute Gasteiger partial charge is 0.492 e. The molecule has 0 spiro atoms. The quantitative estimate of drug-likeness (QED) is 0.406. The maximum atomic E-state index is 14.8. The van der Waals surface area contributed by atoms with Gasteiger partial charge in [0, 0.05) is 69.2 Å². The topological polar surface area (TPSA) is 44.2 Å². The van der Waals surface area contributed by atoms with Crippen LogP contribution in [0.3, 0.4) is 0 Å². The van der Waals surface area contributed by atoms with Gasteiger partial charge >= 0.3 is 0 Å². The molecule has 214 valence electrons. The number of anilines is 2. The van der Waals surface area contributed by atoms with Gasteiger partial charge in [-0.3, -0.25) is 4.79 Å². The Morgan fingerprint density at radius 3 is 2.17 bits per heavy atom. The van der Waals surface area contributed by atoms with Crippen molar-refractivity contribution in [3.05, 3.63) is 76.9 Å². The third-order valence-corrected chi connectivity index (χ3v) is 8.43. The Hall–Kier alpha value is -3.52. The summed E-state index contributed by atoms with van der Waals surface area (Å²) in [6.07, 6.45) is 0. The van der Waals surface area contributed by atoms with Crippen LogP contribution in [0.4, 0.5) is 15.8 Å². The van der Waals surface area contributed by atoms with E-state index in [0.29, 0.717) is 37.5 Å². The zero-order valence-corrected chi connectivity index (χ0v) is 24.3. The predicted octanol–water partition coefficient (Wildman–Crippen LogP) is 4.80. The van der Waals surface area contributed by atoms with Crippen LogP contribution in [0.2, 0.25) is 0 Å². The summed E-state index contributed by atoms with van der Waals surface area (Å²) >= 11 is 0. The summed E-state index contributed by atoms with van der Waals surface area (Å²) < 4.78 is 22.7. The fourth-order valence-electron chi connectivity index (χ4n) is 6.20. The minimum atomic E-state index is -0.244. The average molecular weight is 548 g/mol. The molecule has 1 aromatic heterocycles. The Kier molecular flexibility index (Phi) is 8.64. The van der Waals surface area contributed by atoms with E-state index in [0.717, 1.165) is 74.2 Å². The lowest BCUT2D eigenvalue weighted by atomic mass is 10.1. The number of hydrogen-bond acceptors (Lipinski definition) is 5. The first-order valence-electron chi connectivity index (χ1n) is 14.6. The number of carbonyl (C=O) groups is 1. The Bertz CT molecular complexity index is 1320. The monoisotopic (exact) mass is 547 g/mol. The maximum Gasteiger partial charge on any atom is 0.270 e. The highest BCUT2D eigenvalue weighted by molar-refractivity contribution is 5.97. The number of halogens is 1. The molecule has 7 nitrogen and oxygen atoms in total. The second kappa shape index (κ2) is 12.3. The smallest absolute Gasteiger partial charge is 0.270 e. The van der Waals surface area contributed by atoms with E-state index >= 15 is 0 Å². The number of hydrogen-bond donors (Lipinski definition) is 0. The van der Waals surface area contributed by atoms with Crippen molar-refractivity contribution in [3.63, 3.8) is 0 Å². The van der Waals surface area contributed by atoms with Crippen LogP contribution in [-0.2, 0) is 6.54 Å². The summed E-state index contributed by atoms with van der Waals surface area (Å²) in [5.74, 6) is 0.655. The number of piperazine rings is 2. The summed E-state index contributed by atoms with van der Waals surface area (Å²) in [7, 11) is 0. The molecule has 2 saturated heterocycles. The first-order valence-corrected chi connectivity index (χ1v) is 14.6. The number of likely N-dealkylation sites (N-methyl/N-ethyl adjacent to an activating group) is 1. The van der Waals surface area contributed by atoms with Crippen LogP contribution in [0.15, 0.2) is 48.5 Å². The summed E-state index contributed by atoms with van der Waals surface area (Å²) in [4.78, 5) is 23.3. The van der Waals surface area contributed by atoms with E-state index in [4.69, 9.17) is 4.74 Å².